The van der Waals surface area contributed by atoms with E-state index in [9.17, 15) is 4.79 Å². The van der Waals surface area contributed by atoms with E-state index in [1.165, 1.54) is 38.5 Å². The van der Waals surface area contributed by atoms with Crippen molar-refractivity contribution >= 4 is 5.97 Å². The molecule has 2 aliphatic carbocycles. The van der Waals surface area contributed by atoms with Gasteiger partial charge in [0.25, 0.3) is 0 Å². The monoisotopic (exact) mass is 239 g/mol. The molecule has 0 aromatic heterocycles. The second-order valence-corrected chi connectivity index (χ2v) is 5.62. The molecule has 3 heteroatoms. The molecule has 0 aromatic rings. The second-order valence-electron chi connectivity index (χ2n) is 5.62. The summed E-state index contributed by atoms with van der Waals surface area (Å²) in [6.07, 6.45) is 7.69. The van der Waals surface area contributed by atoms with Crippen LogP contribution in [0.4, 0.5) is 0 Å². The zero-order chi connectivity index (χ0) is 12.3. The highest BCUT2D eigenvalue weighted by molar-refractivity contribution is 5.71. The van der Waals surface area contributed by atoms with E-state index >= 15 is 0 Å². The predicted molar refractivity (Wildman–Crippen MR) is 67.8 cm³/mol. The summed E-state index contributed by atoms with van der Waals surface area (Å²) in [7, 11) is 0. The third-order valence-electron chi connectivity index (χ3n) is 4.09. The fourth-order valence-electron chi connectivity index (χ4n) is 2.89. The summed E-state index contributed by atoms with van der Waals surface area (Å²) < 4.78 is 5.08. The molecule has 0 radical (unpaired) electrons. The Balaban J connectivity index is 1.86. The van der Waals surface area contributed by atoms with Crippen LogP contribution in [0.1, 0.15) is 52.4 Å². The molecule has 0 unspecified atom stereocenters. The van der Waals surface area contributed by atoms with Crippen LogP contribution in [0.3, 0.4) is 0 Å². The lowest BCUT2D eigenvalue weighted by Gasteiger charge is -2.35. The van der Waals surface area contributed by atoms with E-state index in [-0.39, 0.29) is 5.97 Å². The van der Waals surface area contributed by atoms with Crippen LogP contribution in [-0.4, -0.2) is 36.1 Å². The zero-order valence-electron chi connectivity index (χ0n) is 11.2. The summed E-state index contributed by atoms with van der Waals surface area (Å²) in [4.78, 5) is 14.0. The van der Waals surface area contributed by atoms with Crippen molar-refractivity contribution in [2.45, 2.75) is 64.5 Å². The molecule has 0 aromatic carbocycles. The van der Waals surface area contributed by atoms with Gasteiger partial charge in [0, 0.05) is 12.1 Å². The molecule has 2 rings (SSSR count). The van der Waals surface area contributed by atoms with Gasteiger partial charge in [0.05, 0.1) is 13.2 Å². The first-order chi connectivity index (χ1) is 8.20. The SMILES string of the molecule is CCOC(=O)CN(C1CCC(C)CC1)C1CC1. The van der Waals surface area contributed by atoms with Gasteiger partial charge in [-0.25, -0.2) is 0 Å². The maximum Gasteiger partial charge on any atom is 0.320 e. The van der Waals surface area contributed by atoms with Crippen LogP contribution in [0.5, 0.6) is 0 Å². The maximum absolute atomic E-state index is 11.6. The van der Waals surface area contributed by atoms with Crippen LogP contribution in [-0.2, 0) is 9.53 Å². The molecule has 0 amide bonds. The number of hydrogen-bond donors (Lipinski definition) is 0. The summed E-state index contributed by atoms with van der Waals surface area (Å²) >= 11 is 0. The lowest BCUT2D eigenvalue weighted by atomic mass is 9.86. The molecule has 0 saturated heterocycles. The smallest absolute Gasteiger partial charge is 0.320 e. The molecule has 17 heavy (non-hydrogen) atoms. The third kappa shape index (κ3) is 3.70. The Morgan fingerprint density at radius 1 is 1.12 bits per heavy atom. The minimum atomic E-state index is -0.0435. The van der Waals surface area contributed by atoms with Crippen molar-refractivity contribution in [1.29, 1.82) is 0 Å². The molecule has 0 bridgehead atoms. The van der Waals surface area contributed by atoms with Crippen molar-refractivity contribution in [3.63, 3.8) is 0 Å². The van der Waals surface area contributed by atoms with Crippen molar-refractivity contribution in [3.8, 4) is 0 Å². The molecule has 2 aliphatic rings. The van der Waals surface area contributed by atoms with Gasteiger partial charge < -0.3 is 4.74 Å². The highest BCUT2D eigenvalue weighted by Gasteiger charge is 2.36. The Kier molecular flexibility index (Phi) is 4.43. The first-order valence-corrected chi connectivity index (χ1v) is 7.12. The summed E-state index contributed by atoms with van der Waals surface area (Å²) in [5, 5.41) is 0. The molecule has 0 heterocycles. The molecule has 98 valence electrons. The van der Waals surface area contributed by atoms with Gasteiger partial charge in [-0.05, 0) is 51.4 Å². The Morgan fingerprint density at radius 2 is 1.65 bits per heavy atom. The average molecular weight is 239 g/mol. The van der Waals surface area contributed by atoms with E-state index in [0.717, 1.165) is 5.92 Å². The number of rotatable bonds is 5. The molecule has 2 saturated carbocycles. The number of esters is 1. The molecule has 3 nitrogen and oxygen atoms in total. The van der Waals surface area contributed by atoms with E-state index in [0.29, 0.717) is 25.2 Å². The number of nitrogens with zero attached hydrogens (tertiary/aromatic N) is 1. The number of carbonyl (C=O) groups is 1. The van der Waals surface area contributed by atoms with Crippen LogP contribution in [0.15, 0.2) is 0 Å². The zero-order valence-corrected chi connectivity index (χ0v) is 11.2. The molecule has 0 aliphatic heterocycles. The van der Waals surface area contributed by atoms with Crippen molar-refractivity contribution in [2.75, 3.05) is 13.2 Å². The largest absolute Gasteiger partial charge is 0.465 e. The van der Waals surface area contributed by atoms with Gasteiger partial charge in [-0.1, -0.05) is 6.92 Å². The molecule has 2 fully saturated rings. The van der Waals surface area contributed by atoms with E-state index in [4.69, 9.17) is 4.74 Å². The Morgan fingerprint density at radius 3 is 2.12 bits per heavy atom. The molecular formula is C14H25NO2. The second kappa shape index (κ2) is 5.85. The van der Waals surface area contributed by atoms with Gasteiger partial charge in [0.2, 0.25) is 0 Å². The van der Waals surface area contributed by atoms with Crippen LogP contribution in [0, 0.1) is 5.92 Å². The van der Waals surface area contributed by atoms with Crippen molar-refractivity contribution < 1.29 is 9.53 Å². The minimum absolute atomic E-state index is 0.0435. The average Bonchev–Trinajstić information content (AvgIpc) is 3.12. The highest BCUT2D eigenvalue weighted by Crippen LogP contribution is 2.34. The highest BCUT2D eigenvalue weighted by atomic mass is 16.5. The standard InChI is InChI=1S/C14H25NO2/c1-3-17-14(16)10-15(13-8-9-13)12-6-4-11(2)5-7-12/h11-13H,3-10H2,1-2H3. The van der Waals surface area contributed by atoms with E-state index in [1.54, 1.807) is 0 Å². The van der Waals surface area contributed by atoms with E-state index < -0.39 is 0 Å². The topological polar surface area (TPSA) is 29.5 Å². The molecule has 0 spiro atoms. The maximum atomic E-state index is 11.6. The van der Waals surface area contributed by atoms with Crippen LogP contribution in [0.2, 0.25) is 0 Å². The van der Waals surface area contributed by atoms with Crippen molar-refractivity contribution in [2.24, 2.45) is 5.92 Å². The predicted octanol–water partition coefficient (Wildman–Crippen LogP) is 2.59. The summed E-state index contributed by atoms with van der Waals surface area (Å²) in [6, 6.07) is 1.29. The quantitative estimate of drug-likeness (QED) is 0.691. The fraction of sp³-hybridized carbons (Fsp3) is 0.929. The van der Waals surface area contributed by atoms with Gasteiger partial charge in [-0.2, -0.15) is 0 Å². The summed E-state index contributed by atoms with van der Waals surface area (Å²) in [5.41, 5.74) is 0. The lowest BCUT2D eigenvalue weighted by molar-refractivity contribution is -0.145. The fourth-order valence-corrected chi connectivity index (χ4v) is 2.89. The van der Waals surface area contributed by atoms with Gasteiger partial charge in [-0.3, -0.25) is 9.69 Å². The molecular weight excluding hydrogens is 214 g/mol. The van der Waals surface area contributed by atoms with Gasteiger partial charge >= 0.3 is 5.97 Å². The van der Waals surface area contributed by atoms with Crippen LogP contribution < -0.4 is 0 Å². The van der Waals surface area contributed by atoms with Gasteiger partial charge in [0.15, 0.2) is 0 Å². The van der Waals surface area contributed by atoms with E-state index in [1.807, 2.05) is 6.92 Å². The van der Waals surface area contributed by atoms with Crippen LogP contribution >= 0.6 is 0 Å². The lowest BCUT2D eigenvalue weighted by Crippen LogP contribution is -2.43. The normalized spacial score (nSPS) is 29.4. The summed E-state index contributed by atoms with van der Waals surface area (Å²) in [5.74, 6) is 0.827. The first kappa shape index (κ1) is 12.9. The molecule has 0 N–H and O–H groups in total. The Labute approximate surface area is 105 Å². The van der Waals surface area contributed by atoms with Crippen LogP contribution in [0.25, 0.3) is 0 Å². The molecule has 0 atom stereocenters. The minimum Gasteiger partial charge on any atom is -0.465 e. The van der Waals surface area contributed by atoms with Gasteiger partial charge in [-0.15, -0.1) is 0 Å². The van der Waals surface area contributed by atoms with Crippen molar-refractivity contribution in [1.82, 2.24) is 4.90 Å². The van der Waals surface area contributed by atoms with E-state index in [2.05, 4.69) is 11.8 Å². The Bertz CT molecular complexity index is 255. The number of carbonyl (C=O) groups excluding carboxylic acids is 1. The van der Waals surface area contributed by atoms with Crippen molar-refractivity contribution in [3.05, 3.63) is 0 Å². The third-order valence-corrected chi connectivity index (χ3v) is 4.09. The number of ether oxygens (including phenoxy) is 1. The Hall–Kier alpha value is -0.570. The first-order valence-electron chi connectivity index (χ1n) is 7.12. The van der Waals surface area contributed by atoms with Gasteiger partial charge in [0.1, 0.15) is 0 Å². The summed E-state index contributed by atoms with van der Waals surface area (Å²) in [6.45, 7) is 5.22. The number of hydrogen-bond acceptors (Lipinski definition) is 3.